The quantitative estimate of drug-likeness (QED) is 0.584. The average molecular weight is 286 g/mol. The van der Waals surface area contributed by atoms with Gasteiger partial charge in [-0.05, 0) is 46.1 Å². The lowest BCUT2D eigenvalue weighted by atomic mass is 9.51. The predicted octanol–water partition coefficient (Wildman–Crippen LogP) is 4.54. The largest absolute Gasteiger partial charge is 0.469 e. The molecule has 0 radical (unpaired) electrons. The van der Waals surface area contributed by atoms with E-state index in [1.165, 1.54) is 5.56 Å². The lowest BCUT2D eigenvalue weighted by Gasteiger charge is -2.34. The van der Waals surface area contributed by atoms with E-state index in [9.17, 15) is 0 Å². The molecule has 0 unspecified atom stereocenters. The van der Waals surface area contributed by atoms with Crippen LogP contribution in [0.3, 0.4) is 0 Å². The van der Waals surface area contributed by atoms with E-state index in [2.05, 4.69) is 65.5 Å². The van der Waals surface area contributed by atoms with Crippen LogP contribution < -0.4 is 0 Å². The van der Waals surface area contributed by atoms with Crippen molar-refractivity contribution in [3.63, 3.8) is 0 Å². The van der Waals surface area contributed by atoms with Gasteiger partial charge in [0.05, 0.1) is 11.2 Å². The fourth-order valence-electron chi connectivity index (χ4n) is 2.96. The molecule has 2 nitrogen and oxygen atoms in total. The third-order valence-electron chi connectivity index (χ3n) is 5.19. The van der Waals surface area contributed by atoms with E-state index in [-0.39, 0.29) is 23.6 Å². The average Bonchev–Trinajstić information content (AvgIpc) is 2.66. The highest BCUT2D eigenvalue weighted by Gasteiger charge is 2.59. The molecule has 0 N–H and O–H groups in total. The summed E-state index contributed by atoms with van der Waals surface area (Å²) in [6.07, 6.45) is 3.76. The Morgan fingerprint density at radius 3 is 2.05 bits per heavy atom. The number of hydrogen-bond acceptors (Lipinski definition) is 2. The smallest absolute Gasteiger partial charge is 0.403 e. The fourth-order valence-corrected chi connectivity index (χ4v) is 2.96. The van der Waals surface area contributed by atoms with Crippen molar-refractivity contribution in [2.24, 2.45) is 0 Å². The predicted molar refractivity (Wildman–Crippen MR) is 89.3 cm³/mol. The van der Waals surface area contributed by atoms with E-state index in [1.54, 1.807) is 0 Å². The second-order valence-electron chi connectivity index (χ2n) is 6.96. The lowest BCUT2D eigenvalue weighted by molar-refractivity contribution is 0.00578. The van der Waals surface area contributed by atoms with Gasteiger partial charge in [0, 0.05) is 5.31 Å². The molecule has 114 valence electrons. The number of benzene rings is 1. The Labute approximate surface area is 129 Å². The van der Waals surface area contributed by atoms with Crippen molar-refractivity contribution in [2.45, 2.75) is 64.0 Å². The summed E-state index contributed by atoms with van der Waals surface area (Å²) >= 11 is 0. The van der Waals surface area contributed by atoms with Gasteiger partial charge in [0.15, 0.2) is 0 Å². The van der Waals surface area contributed by atoms with Crippen molar-refractivity contribution >= 4 is 7.12 Å². The molecule has 0 bridgehead atoms. The van der Waals surface area contributed by atoms with Crippen molar-refractivity contribution in [1.29, 1.82) is 0 Å². The van der Waals surface area contributed by atoms with Crippen molar-refractivity contribution in [3.05, 3.63) is 48.6 Å². The van der Waals surface area contributed by atoms with Gasteiger partial charge < -0.3 is 9.31 Å². The molecule has 0 aliphatic carbocycles. The van der Waals surface area contributed by atoms with Crippen LogP contribution in [-0.2, 0) is 14.6 Å². The third-order valence-corrected chi connectivity index (χ3v) is 5.19. The number of allylic oxidation sites excluding steroid dienone is 1. The number of rotatable bonds is 5. The minimum absolute atomic E-state index is 0.186. The van der Waals surface area contributed by atoms with Gasteiger partial charge in [0.25, 0.3) is 0 Å². The molecular weight excluding hydrogens is 259 g/mol. The Hall–Kier alpha value is -1.06. The normalized spacial score (nSPS) is 22.8. The molecular formula is C18H27BO2. The second kappa shape index (κ2) is 5.62. The molecule has 1 fully saturated rings. The summed E-state index contributed by atoms with van der Waals surface area (Å²) in [5.74, 6) is 0. The van der Waals surface area contributed by atoms with Crippen LogP contribution in [0.5, 0.6) is 0 Å². The van der Waals surface area contributed by atoms with Crippen LogP contribution in [0.1, 0.15) is 53.0 Å². The highest BCUT2D eigenvalue weighted by Crippen LogP contribution is 2.46. The first-order chi connectivity index (χ1) is 9.79. The highest BCUT2D eigenvalue weighted by atomic mass is 16.7. The van der Waals surface area contributed by atoms with Gasteiger partial charge in [-0.15, -0.1) is 6.58 Å². The Balaban J connectivity index is 2.45. The Kier molecular flexibility index (Phi) is 4.37. The van der Waals surface area contributed by atoms with E-state index >= 15 is 0 Å². The summed E-state index contributed by atoms with van der Waals surface area (Å²) in [7, 11) is -0.257. The molecule has 1 aromatic rings. The van der Waals surface area contributed by atoms with Crippen LogP contribution in [0.4, 0.5) is 0 Å². The molecule has 2 rings (SSSR count). The van der Waals surface area contributed by atoms with Gasteiger partial charge in [0.1, 0.15) is 0 Å². The Morgan fingerprint density at radius 2 is 1.62 bits per heavy atom. The monoisotopic (exact) mass is 286 g/mol. The lowest BCUT2D eigenvalue weighted by Crippen LogP contribution is -2.45. The van der Waals surface area contributed by atoms with Crippen LogP contribution >= 0.6 is 0 Å². The summed E-state index contributed by atoms with van der Waals surface area (Å²) in [5.41, 5.74) is 0.633. The second-order valence-corrected chi connectivity index (χ2v) is 6.96. The summed E-state index contributed by atoms with van der Waals surface area (Å²) in [4.78, 5) is 0. The minimum Gasteiger partial charge on any atom is -0.403 e. The molecule has 1 aliphatic heterocycles. The summed E-state index contributed by atoms with van der Waals surface area (Å²) in [5, 5.41) is -0.186. The maximum absolute atomic E-state index is 6.36. The van der Waals surface area contributed by atoms with Crippen molar-refractivity contribution in [3.8, 4) is 0 Å². The fraction of sp³-hybridized carbons (Fsp3) is 0.556. The topological polar surface area (TPSA) is 18.5 Å². The third kappa shape index (κ3) is 2.69. The zero-order valence-electron chi connectivity index (χ0n) is 14.0. The van der Waals surface area contributed by atoms with Gasteiger partial charge in [-0.25, -0.2) is 0 Å². The van der Waals surface area contributed by atoms with Gasteiger partial charge >= 0.3 is 7.12 Å². The molecule has 0 aromatic heterocycles. The molecule has 1 atom stereocenters. The molecule has 1 heterocycles. The van der Waals surface area contributed by atoms with Gasteiger partial charge in [-0.1, -0.05) is 43.3 Å². The first kappa shape index (κ1) is 16.3. The van der Waals surface area contributed by atoms with E-state index in [0.717, 1.165) is 12.8 Å². The van der Waals surface area contributed by atoms with Crippen LogP contribution in [0, 0.1) is 0 Å². The maximum atomic E-state index is 6.36. The molecule has 3 heteroatoms. The van der Waals surface area contributed by atoms with Crippen LogP contribution in [0.2, 0.25) is 0 Å². The van der Waals surface area contributed by atoms with Gasteiger partial charge in [-0.3, -0.25) is 0 Å². The zero-order valence-corrected chi connectivity index (χ0v) is 14.0. The molecule has 0 saturated carbocycles. The molecule has 0 amide bonds. The molecule has 1 aromatic carbocycles. The summed E-state index contributed by atoms with van der Waals surface area (Å²) in [6.45, 7) is 14.6. The van der Waals surface area contributed by atoms with Crippen LogP contribution in [-0.4, -0.2) is 18.3 Å². The van der Waals surface area contributed by atoms with Crippen molar-refractivity contribution in [1.82, 2.24) is 0 Å². The maximum Gasteiger partial charge on any atom is 0.469 e. The number of hydrogen-bond donors (Lipinski definition) is 0. The SMILES string of the molecule is C=CC[C@@](CC)(B1OC(C)(C)C(C)(C)O1)c1ccccc1. The summed E-state index contributed by atoms with van der Waals surface area (Å²) < 4.78 is 12.7. The Morgan fingerprint density at radius 1 is 1.10 bits per heavy atom. The van der Waals surface area contributed by atoms with E-state index < -0.39 is 0 Å². The van der Waals surface area contributed by atoms with E-state index in [1.807, 2.05) is 12.1 Å². The summed E-state index contributed by atoms with van der Waals surface area (Å²) in [6, 6.07) is 10.5. The van der Waals surface area contributed by atoms with E-state index in [0.29, 0.717) is 0 Å². The minimum atomic E-state index is -0.311. The van der Waals surface area contributed by atoms with Crippen LogP contribution in [0.25, 0.3) is 0 Å². The first-order valence-electron chi connectivity index (χ1n) is 7.81. The van der Waals surface area contributed by atoms with Crippen LogP contribution in [0.15, 0.2) is 43.0 Å². The standard InChI is InChI=1S/C18H27BO2/c1-7-14-18(8-2,15-12-10-9-11-13-15)19-20-16(3,4)17(5,6)21-19/h7,9-13H,1,8,14H2,2-6H3/t18-/m1/s1. The molecule has 21 heavy (non-hydrogen) atoms. The zero-order chi connectivity index (χ0) is 15.7. The molecule has 1 saturated heterocycles. The van der Waals surface area contributed by atoms with Gasteiger partial charge in [-0.2, -0.15) is 0 Å². The van der Waals surface area contributed by atoms with Gasteiger partial charge in [0.2, 0.25) is 0 Å². The highest BCUT2D eigenvalue weighted by molar-refractivity contribution is 6.50. The van der Waals surface area contributed by atoms with Crippen molar-refractivity contribution < 1.29 is 9.31 Å². The van der Waals surface area contributed by atoms with E-state index in [4.69, 9.17) is 9.31 Å². The first-order valence-corrected chi connectivity index (χ1v) is 7.81. The molecule has 1 aliphatic rings. The molecule has 0 spiro atoms. The Bertz CT molecular complexity index is 479. The van der Waals surface area contributed by atoms with Crippen molar-refractivity contribution in [2.75, 3.05) is 0 Å².